The van der Waals surface area contributed by atoms with Crippen LogP contribution in [0.2, 0.25) is 0 Å². The van der Waals surface area contributed by atoms with Crippen LogP contribution in [0.4, 0.5) is 11.4 Å². The molecule has 136 valence electrons. The van der Waals surface area contributed by atoms with Gasteiger partial charge >= 0.3 is 0 Å². The number of carbonyl (C=O) groups excluding carboxylic acids is 1. The predicted octanol–water partition coefficient (Wildman–Crippen LogP) is 4.72. The topological polar surface area (TPSA) is 103 Å². The third-order valence-electron chi connectivity index (χ3n) is 4.34. The first-order valence-electron chi connectivity index (χ1n) is 8.39. The Morgan fingerprint density at radius 2 is 1.37 bits per heavy atom. The van der Waals surface area contributed by atoms with Crippen molar-refractivity contribution in [2.24, 2.45) is 0 Å². The van der Waals surface area contributed by atoms with Crippen molar-refractivity contribution in [1.82, 2.24) is 0 Å². The van der Waals surface area contributed by atoms with Gasteiger partial charge in [0.2, 0.25) is 0 Å². The fraction of sp³-hybridized carbons (Fsp3) is 0.150. The van der Waals surface area contributed by atoms with Crippen molar-refractivity contribution < 1.29 is 14.6 Å². The van der Waals surface area contributed by atoms with Gasteiger partial charge in [-0.1, -0.05) is 12.1 Å². The van der Waals surface area contributed by atoms with Gasteiger partial charge in [0.05, 0.1) is 9.85 Å². The van der Waals surface area contributed by atoms with Crippen LogP contribution in [0.1, 0.15) is 30.4 Å². The van der Waals surface area contributed by atoms with Crippen molar-refractivity contribution in [1.29, 1.82) is 0 Å². The van der Waals surface area contributed by atoms with Gasteiger partial charge in [-0.3, -0.25) is 25.0 Å². The molecule has 0 radical (unpaired) electrons. The lowest BCUT2D eigenvalue weighted by atomic mass is 9.87. The van der Waals surface area contributed by atoms with Crippen molar-refractivity contribution in [3.63, 3.8) is 0 Å². The van der Waals surface area contributed by atoms with Crippen molar-refractivity contribution in [3.05, 3.63) is 91.0 Å². The van der Waals surface area contributed by atoms with E-state index in [1.54, 1.807) is 36.4 Å². The van der Waals surface area contributed by atoms with E-state index in [1.165, 1.54) is 24.3 Å². The highest BCUT2D eigenvalue weighted by Crippen LogP contribution is 2.29. The number of benzene rings is 2. The number of rotatable bonds is 4. The first-order valence-corrected chi connectivity index (χ1v) is 8.39. The highest BCUT2D eigenvalue weighted by molar-refractivity contribution is 6.14. The average Bonchev–Trinajstić information content (AvgIpc) is 2.65. The summed E-state index contributed by atoms with van der Waals surface area (Å²) in [6, 6.07) is 12.2. The maximum absolute atomic E-state index is 12.7. The summed E-state index contributed by atoms with van der Waals surface area (Å²) in [6.45, 7) is 0. The number of Topliss-reactive ketones (excluding diaryl/α,β-unsaturated/α-hetero) is 1. The minimum absolute atomic E-state index is 0.00150. The van der Waals surface area contributed by atoms with Crippen molar-refractivity contribution in [3.8, 4) is 0 Å². The Hall–Kier alpha value is -3.61. The quantitative estimate of drug-likeness (QED) is 0.443. The lowest BCUT2D eigenvalue weighted by Gasteiger charge is -2.16. The SMILES string of the molecule is O=C1/C(=C/c2ccc([N+](=O)[O-])cc2)CCC/C1=C\c1cccc([N+](=O)[O-])c1. The van der Waals surface area contributed by atoms with E-state index in [2.05, 4.69) is 0 Å². The monoisotopic (exact) mass is 364 g/mol. The van der Waals surface area contributed by atoms with E-state index in [-0.39, 0.29) is 17.2 Å². The molecule has 0 atom stereocenters. The highest BCUT2D eigenvalue weighted by Gasteiger charge is 2.21. The molecule has 0 saturated heterocycles. The van der Waals surface area contributed by atoms with Gasteiger partial charge in [0.1, 0.15) is 0 Å². The summed E-state index contributed by atoms with van der Waals surface area (Å²) in [4.78, 5) is 33.4. The number of nitro benzene ring substituents is 2. The number of carbonyl (C=O) groups is 1. The normalized spacial score (nSPS) is 17.3. The average molecular weight is 364 g/mol. The molecule has 1 saturated carbocycles. The molecule has 0 N–H and O–H groups in total. The fourth-order valence-electron chi connectivity index (χ4n) is 3.00. The molecule has 1 aliphatic rings. The smallest absolute Gasteiger partial charge is 0.270 e. The van der Waals surface area contributed by atoms with E-state index in [9.17, 15) is 25.0 Å². The third kappa shape index (κ3) is 4.33. The number of hydrogen-bond donors (Lipinski definition) is 0. The number of non-ortho nitro benzene ring substituents is 2. The van der Waals surface area contributed by atoms with Crippen LogP contribution in [-0.2, 0) is 4.79 Å². The zero-order chi connectivity index (χ0) is 19.4. The van der Waals surface area contributed by atoms with E-state index < -0.39 is 9.85 Å². The molecule has 1 fully saturated rings. The van der Waals surface area contributed by atoms with Crippen LogP contribution in [0.5, 0.6) is 0 Å². The lowest BCUT2D eigenvalue weighted by molar-refractivity contribution is -0.385. The van der Waals surface area contributed by atoms with Crippen molar-refractivity contribution >= 4 is 29.3 Å². The first-order chi connectivity index (χ1) is 12.9. The molecule has 7 heteroatoms. The van der Waals surface area contributed by atoms with E-state index in [0.717, 1.165) is 12.0 Å². The Morgan fingerprint density at radius 1 is 0.778 bits per heavy atom. The molecule has 0 bridgehead atoms. The molecule has 0 unspecified atom stereocenters. The molecular weight excluding hydrogens is 348 g/mol. The third-order valence-corrected chi connectivity index (χ3v) is 4.34. The Bertz CT molecular complexity index is 974. The lowest BCUT2D eigenvalue weighted by Crippen LogP contribution is -2.12. The van der Waals surface area contributed by atoms with E-state index >= 15 is 0 Å². The number of allylic oxidation sites excluding steroid dienone is 2. The molecule has 2 aromatic carbocycles. The summed E-state index contributed by atoms with van der Waals surface area (Å²) < 4.78 is 0. The van der Waals surface area contributed by atoms with Crippen LogP contribution in [0.3, 0.4) is 0 Å². The Labute approximate surface area is 154 Å². The van der Waals surface area contributed by atoms with Gasteiger partial charge in [0.15, 0.2) is 5.78 Å². The minimum atomic E-state index is -0.470. The second kappa shape index (κ2) is 7.74. The standard InChI is InChI=1S/C20H16N2O5/c23-20-16(11-14-7-9-18(10-8-14)21(24)25)4-2-5-17(20)12-15-3-1-6-19(13-15)22(26)27/h1,3,6-13H,2,4-5H2/b16-11+,17-12+. The maximum Gasteiger partial charge on any atom is 0.270 e. The molecule has 1 aliphatic carbocycles. The zero-order valence-electron chi connectivity index (χ0n) is 14.3. The van der Waals surface area contributed by atoms with Crippen LogP contribution in [-0.4, -0.2) is 15.6 Å². The second-order valence-electron chi connectivity index (χ2n) is 6.22. The molecule has 3 rings (SSSR count). The summed E-state index contributed by atoms with van der Waals surface area (Å²) in [5.41, 5.74) is 2.55. The summed E-state index contributed by atoms with van der Waals surface area (Å²) >= 11 is 0. The Kier molecular flexibility index (Phi) is 5.21. The molecule has 0 heterocycles. The number of ketones is 1. The predicted molar refractivity (Wildman–Crippen MR) is 101 cm³/mol. The van der Waals surface area contributed by atoms with Crippen LogP contribution in [0.25, 0.3) is 12.2 Å². The van der Waals surface area contributed by atoms with Gasteiger partial charge in [-0.2, -0.15) is 0 Å². The number of nitro groups is 2. The van der Waals surface area contributed by atoms with E-state index in [1.807, 2.05) is 0 Å². The Morgan fingerprint density at radius 3 is 1.96 bits per heavy atom. The fourth-order valence-corrected chi connectivity index (χ4v) is 3.00. The van der Waals surface area contributed by atoms with Gasteiger partial charge in [-0.05, 0) is 54.7 Å². The van der Waals surface area contributed by atoms with Crippen LogP contribution >= 0.6 is 0 Å². The molecule has 27 heavy (non-hydrogen) atoms. The van der Waals surface area contributed by atoms with Crippen LogP contribution < -0.4 is 0 Å². The molecule has 0 spiro atoms. The summed E-state index contributed by atoms with van der Waals surface area (Å²) in [5, 5.41) is 21.6. The van der Waals surface area contributed by atoms with Gasteiger partial charge in [-0.25, -0.2) is 0 Å². The molecule has 0 aliphatic heterocycles. The van der Waals surface area contributed by atoms with Crippen LogP contribution in [0.15, 0.2) is 59.7 Å². The molecular formula is C20H16N2O5. The van der Waals surface area contributed by atoms with Gasteiger partial charge in [-0.15, -0.1) is 0 Å². The zero-order valence-corrected chi connectivity index (χ0v) is 14.3. The van der Waals surface area contributed by atoms with Gasteiger partial charge < -0.3 is 0 Å². The second-order valence-corrected chi connectivity index (χ2v) is 6.22. The van der Waals surface area contributed by atoms with E-state index in [0.29, 0.717) is 29.6 Å². The van der Waals surface area contributed by atoms with E-state index in [4.69, 9.17) is 0 Å². The summed E-state index contributed by atoms with van der Waals surface area (Å²) in [6.07, 6.45) is 5.47. The molecule has 0 aromatic heterocycles. The molecule has 7 nitrogen and oxygen atoms in total. The van der Waals surface area contributed by atoms with Crippen LogP contribution in [0, 0.1) is 20.2 Å². The van der Waals surface area contributed by atoms with Crippen molar-refractivity contribution in [2.75, 3.05) is 0 Å². The highest BCUT2D eigenvalue weighted by atomic mass is 16.6. The van der Waals surface area contributed by atoms with Gasteiger partial charge in [0.25, 0.3) is 11.4 Å². The van der Waals surface area contributed by atoms with Crippen molar-refractivity contribution in [2.45, 2.75) is 19.3 Å². The largest absolute Gasteiger partial charge is 0.289 e. The van der Waals surface area contributed by atoms with Gasteiger partial charge in [0, 0.05) is 35.4 Å². The number of hydrogen-bond acceptors (Lipinski definition) is 5. The molecule has 2 aromatic rings. The minimum Gasteiger partial charge on any atom is -0.289 e. The Balaban J connectivity index is 1.86. The summed E-state index contributed by atoms with van der Waals surface area (Å²) in [5.74, 6) is -0.0916. The summed E-state index contributed by atoms with van der Waals surface area (Å²) in [7, 11) is 0. The number of nitrogens with zero attached hydrogens (tertiary/aromatic N) is 2. The maximum atomic E-state index is 12.7. The molecule has 0 amide bonds. The first kappa shape index (κ1) is 18.2.